The van der Waals surface area contributed by atoms with Gasteiger partial charge in [0.1, 0.15) is 11.8 Å². The van der Waals surface area contributed by atoms with Gasteiger partial charge in [-0.05, 0) is 68.9 Å². The normalized spacial score (nSPS) is 14.1. The summed E-state index contributed by atoms with van der Waals surface area (Å²) in [5, 5.41) is 6.19. The maximum atomic E-state index is 14.0. The molecule has 0 bridgehead atoms. The number of hydrogen-bond acceptors (Lipinski definition) is 3. The van der Waals surface area contributed by atoms with E-state index in [0.29, 0.717) is 27.8 Å². The van der Waals surface area contributed by atoms with Crippen LogP contribution in [-0.2, 0) is 22.6 Å². The number of fused-ring (bicyclic) bond motifs is 1. The van der Waals surface area contributed by atoms with Gasteiger partial charge in [-0.2, -0.15) is 0 Å². The number of nitrogens with one attached hydrogen (secondary N) is 1. The molecule has 2 amide bonds. The second-order valence-electron chi connectivity index (χ2n) is 10.3. The lowest BCUT2D eigenvalue weighted by Crippen LogP contribution is -2.53. The number of carbonyl (C=O) groups is 2. The van der Waals surface area contributed by atoms with E-state index in [4.69, 9.17) is 27.9 Å². The van der Waals surface area contributed by atoms with Crippen molar-refractivity contribution in [2.24, 2.45) is 0 Å². The summed E-state index contributed by atoms with van der Waals surface area (Å²) in [5.41, 5.74) is 1.65. The van der Waals surface area contributed by atoms with Crippen molar-refractivity contribution in [2.45, 2.75) is 50.7 Å². The first kappa shape index (κ1) is 29.4. The zero-order valence-corrected chi connectivity index (χ0v) is 25.6. The fraction of sp³-hybridized carbons (Fsp3) is 0.273. The minimum atomic E-state index is -0.763. The van der Waals surface area contributed by atoms with Crippen LogP contribution in [0.4, 0.5) is 0 Å². The summed E-state index contributed by atoms with van der Waals surface area (Å²) in [4.78, 5) is 29.4. The van der Waals surface area contributed by atoms with E-state index in [1.807, 2.05) is 66.7 Å². The van der Waals surface area contributed by atoms with E-state index in [1.165, 1.54) is 0 Å². The van der Waals surface area contributed by atoms with E-state index >= 15 is 0 Å². The zero-order chi connectivity index (χ0) is 28.8. The Kier molecular flexibility index (Phi) is 9.86. The molecule has 0 heterocycles. The molecule has 4 aromatic carbocycles. The Labute approximate surface area is 258 Å². The van der Waals surface area contributed by atoms with Gasteiger partial charge in [0.2, 0.25) is 5.91 Å². The van der Waals surface area contributed by atoms with Crippen molar-refractivity contribution in [3.8, 4) is 5.75 Å². The lowest BCUT2D eigenvalue weighted by atomic mass is 10.0. The zero-order valence-electron chi connectivity index (χ0n) is 22.5. The van der Waals surface area contributed by atoms with Gasteiger partial charge in [-0.3, -0.25) is 9.59 Å². The summed E-state index contributed by atoms with van der Waals surface area (Å²) in [6.45, 7) is -0.114. The highest BCUT2D eigenvalue weighted by molar-refractivity contribution is 9.10. The highest BCUT2D eigenvalue weighted by Crippen LogP contribution is 2.33. The van der Waals surface area contributed by atoms with E-state index in [9.17, 15) is 9.59 Å². The average Bonchev–Trinajstić information content (AvgIpc) is 3.49. The van der Waals surface area contributed by atoms with Crippen molar-refractivity contribution in [3.05, 3.63) is 111 Å². The fourth-order valence-corrected chi connectivity index (χ4v) is 6.38. The van der Waals surface area contributed by atoms with Gasteiger partial charge in [0.15, 0.2) is 6.61 Å². The van der Waals surface area contributed by atoms with Crippen molar-refractivity contribution < 1.29 is 14.3 Å². The van der Waals surface area contributed by atoms with Crippen LogP contribution in [0.1, 0.15) is 36.8 Å². The monoisotopic (exact) mass is 652 g/mol. The molecule has 41 heavy (non-hydrogen) atoms. The molecule has 1 saturated carbocycles. The molecule has 0 aromatic heterocycles. The van der Waals surface area contributed by atoms with Gasteiger partial charge in [-0.25, -0.2) is 0 Å². The minimum absolute atomic E-state index is 0.113. The molecule has 212 valence electrons. The Hall–Kier alpha value is -3.06. The van der Waals surface area contributed by atoms with Gasteiger partial charge in [0, 0.05) is 29.1 Å². The first-order valence-electron chi connectivity index (χ1n) is 13.8. The number of hydrogen-bond donors (Lipinski definition) is 1. The standard InChI is InChI=1S/C33H31BrCl2N2O3/c34-32-27-13-7-4-10-23(27)15-17-30(32)41-21-31(39)38(20-24-14-16-25(35)19-28(24)36)29(18-22-8-2-1-3-9-22)33(40)37-26-11-5-6-12-26/h1-4,7-10,13-17,19,26,29H,5-6,11-12,18,20-21H2,(H,37,40)/t29-/m1/s1. The van der Waals surface area contributed by atoms with Crippen molar-refractivity contribution in [3.63, 3.8) is 0 Å². The number of rotatable bonds is 10. The summed E-state index contributed by atoms with van der Waals surface area (Å²) >= 11 is 16.3. The van der Waals surface area contributed by atoms with E-state index in [1.54, 1.807) is 23.1 Å². The molecule has 0 spiro atoms. The molecular weight excluding hydrogens is 623 g/mol. The molecule has 1 aliphatic rings. The predicted octanol–water partition coefficient (Wildman–Crippen LogP) is 7.99. The van der Waals surface area contributed by atoms with Crippen molar-refractivity contribution in [2.75, 3.05) is 6.61 Å². The Morgan fingerprint density at radius 3 is 2.44 bits per heavy atom. The van der Waals surface area contributed by atoms with Gasteiger partial charge < -0.3 is 15.0 Å². The fourth-order valence-electron chi connectivity index (χ4n) is 5.30. The third kappa shape index (κ3) is 7.42. The number of nitrogens with zero attached hydrogens (tertiary/aromatic N) is 1. The maximum absolute atomic E-state index is 14.0. The van der Waals surface area contributed by atoms with E-state index < -0.39 is 6.04 Å². The number of carbonyl (C=O) groups excluding carboxylic acids is 2. The van der Waals surface area contributed by atoms with Crippen LogP contribution >= 0.6 is 39.1 Å². The van der Waals surface area contributed by atoms with Crippen LogP contribution in [0.15, 0.2) is 89.4 Å². The van der Waals surface area contributed by atoms with Crippen LogP contribution in [-0.4, -0.2) is 35.4 Å². The minimum Gasteiger partial charge on any atom is -0.483 e. The number of halogens is 3. The molecule has 0 radical (unpaired) electrons. The summed E-state index contributed by atoms with van der Waals surface area (Å²) in [5.74, 6) is 0.0567. The van der Waals surface area contributed by atoms with Crippen LogP contribution < -0.4 is 10.1 Å². The number of benzene rings is 4. The second kappa shape index (κ2) is 13.7. The van der Waals surface area contributed by atoms with Crippen molar-refractivity contribution in [1.29, 1.82) is 0 Å². The summed E-state index contributed by atoms with van der Waals surface area (Å²) in [6.07, 6.45) is 4.42. The average molecular weight is 654 g/mol. The molecule has 0 unspecified atom stereocenters. The number of ether oxygens (including phenoxy) is 1. The topological polar surface area (TPSA) is 58.6 Å². The highest BCUT2D eigenvalue weighted by Gasteiger charge is 2.33. The summed E-state index contributed by atoms with van der Waals surface area (Å²) in [7, 11) is 0. The first-order valence-corrected chi connectivity index (χ1v) is 15.3. The third-order valence-corrected chi connectivity index (χ3v) is 8.91. The quantitative estimate of drug-likeness (QED) is 0.189. The molecular formula is C33H31BrCl2N2O3. The van der Waals surface area contributed by atoms with Gasteiger partial charge in [0.05, 0.1) is 4.47 Å². The lowest BCUT2D eigenvalue weighted by Gasteiger charge is -2.32. The van der Waals surface area contributed by atoms with Crippen LogP contribution in [0.2, 0.25) is 10.0 Å². The molecule has 1 aliphatic carbocycles. The largest absolute Gasteiger partial charge is 0.483 e. The molecule has 0 saturated heterocycles. The molecule has 5 nitrogen and oxygen atoms in total. The summed E-state index contributed by atoms with van der Waals surface area (Å²) in [6, 6.07) is 26.0. The Morgan fingerprint density at radius 2 is 1.68 bits per heavy atom. The second-order valence-corrected chi connectivity index (χ2v) is 12.0. The first-order chi connectivity index (χ1) is 19.9. The van der Waals surface area contributed by atoms with Gasteiger partial charge in [-0.15, -0.1) is 0 Å². The molecule has 4 aromatic rings. The van der Waals surface area contributed by atoms with Crippen LogP contribution in [0, 0.1) is 0 Å². The van der Waals surface area contributed by atoms with Crippen LogP contribution in [0.25, 0.3) is 10.8 Å². The van der Waals surface area contributed by atoms with Crippen molar-refractivity contribution >= 4 is 61.7 Å². The molecule has 0 aliphatic heterocycles. The Morgan fingerprint density at radius 1 is 0.951 bits per heavy atom. The smallest absolute Gasteiger partial charge is 0.261 e. The number of amides is 2. The molecule has 1 fully saturated rings. The predicted molar refractivity (Wildman–Crippen MR) is 168 cm³/mol. The molecule has 8 heteroatoms. The van der Waals surface area contributed by atoms with Gasteiger partial charge in [0.25, 0.3) is 5.91 Å². The SMILES string of the molecule is O=C(NC1CCCC1)[C@@H](Cc1ccccc1)N(Cc1ccc(Cl)cc1Cl)C(=O)COc1ccc2ccccc2c1Br. The van der Waals surface area contributed by atoms with Crippen LogP contribution in [0.5, 0.6) is 5.75 Å². The lowest BCUT2D eigenvalue weighted by molar-refractivity contribution is -0.143. The van der Waals surface area contributed by atoms with E-state index in [2.05, 4.69) is 21.2 Å². The molecule has 1 atom stereocenters. The summed E-state index contributed by atoms with van der Waals surface area (Å²) < 4.78 is 6.84. The van der Waals surface area contributed by atoms with E-state index in [0.717, 1.165) is 46.5 Å². The molecule has 1 N–H and O–H groups in total. The highest BCUT2D eigenvalue weighted by atomic mass is 79.9. The van der Waals surface area contributed by atoms with Gasteiger partial charge in [-0.1, -0.05) is 103 Å². The van der Waals surface area contributed by atoms with Gasteiger partial charge >= 0.3 is 0 Å². The third-order valence-electron chi connectivity index (χ3n) is 7.51. The van der Waals surface area contributed by atoms with E-state index in [-0.39, 0.29) is 31.0 Å². The van der Waals surface area contributed by atoms with Crippen LogP contribution in [0.3, 0.4) is 0 Å². The molecule has 5 rings (SSSR count). The Bertz CT molecular complexity index is 1530. The maximum Gasteiger partial charge on any atom is 0.261 e. The Balaban J connectivity index is 1.45. The van der Waals surface area contributed by atoms with Crippen molar-refractivity contribution in [1.82, 2.24) is 10.2 Å².